The number of ketones is 1. The summed E-state index contributed by atoms with van der Waals surface area (Å²) in [5.74, 6) is -1.18. The lowest BCUT2D eigenvalue weighted by atomic mass is 10.1. The maximum absolute atomic E-state index is 11.6. The SMILES string of the molecule is CCOC(=O)C(C(C)=O)N(O)Cc1ccccc1. The largest absolute Gasteiger partial charge is 0.464 e. The lowest BCUT2D eigenvalue weighted by Gasteiger charge is -2.22. The Hall–Kier alpha value is -1.72. The second-order valence-electron chi connectivity index (χ2n) is 3.85. The van der Waals surface area contributed by atoms with Crippen molar-refractivity contribution in [2.45, 2.75) is 26.4 Å². The highest BCUT2D eigenvalue weighted by molar-refractivity contribution is 6.01. The van der Waals surface area contributed by atoms with Crippen LogP contribution in [-0.4, -0.2) is 34.7 Å². The topological polar surface area (TPSA) is 66.8 Å². The minimum atomic E-state index is -1.27. The van der Waals surface area contributed by atoms with Gasteiger partial charge in [-0.3, -0.25) is 4.79 Å². The Morgan fingerprint density at radius 1 is 1.33 bits per heavy atom. The molecule has 0 aliphatic carbocycles. The molecule has 1 N–H and O–H groups in total. The molecule has 1 unspecified atom stereocenters. The van der Waals surface area contributed by atoms with Gasteiger partial charge in [0, 0.05) is 0 Å². The minimum absolute atomic E-state index is 0.0872. The Morgan fingerprint density at radius 2 is 1.94 bits per heavy atom. The van der Waals surface area contributed by atoms with Gasteiger partial charge in [0.05, 0.1) is 13.2 Å². The Morgan fingerprint density at radius 3 is 2.44 bits per heavy atom. The summed E-state index contributed by atoms with van der Waals surface area (Å²) in [5, 5.41) is 10.5. The predicted molar refractivity (Wildman–Crippen MR) is 64.9 cm³/mol. The fraction of sp³-hybridized carbons (Fsp3) is 0.385. The van der Waals surface area contributed by atoms with Crippen LogP contribution < -0.4 is 0 Å². The van der Waals surface area contributed by atoms with E-state index in [1.165, 1.54) is 6.92 Å². The molecule has 98 valence electrons. The number of hydrogen-bond acceptors (Lipinski definition) is 5. The molecule has 1 atom stereocenters. The number of carbonyl (C=O) groups excluding carboxylic acids is 2. The first kappa shape index (κ1) is 14.3. The lowest BCUT2D eigenvalue weighted by Crippen LogP contribution is -2.44. The van der Waals surface area contributed by atoms with Crippen molar-refractivity contribution in [2.75, 3.05) is 6.61 Å². The molecular weight excluding hydrogens is 234 g/mol. The van der Waals surface area contributed by atoms with Crippen LogP contribution in [0.2, 0.25) is 0 Å². The van der Waals surface area contributed by atoms with E-state index in [2.05, 4.69) is 0 Å². The second kappa shape index (κ2) is 6.88. The van der Waals surface area contributed by atoms with Gasteiger partial charge < -0.3 is 9.94 Å². The first-order chi connectivity index (χ1) is 8.56. The summed E-state index contributed by atoms with van der Waals surface area (Å²) in [6, 6.07) is 7.80. The Bertz CT molecular complexity index is 405. The molecule has 1 rings (SSSR count). The molecule has 0 fully saturated rings. The molecule has 0 aromatic heterocycles. The number of nitrogens with zero attached hydrogens (tertiary/aromatic N) is 1. The number of rotatable bonds is 6. The third kappa shape index (κ3) is 3.94. The van der Waals surface area contributed by atoms with Gasteiger partial charge >= 0.3 is 5.97 Å². The summed E-state index contributed by atoms with van der Waals surface area (Å²) in [5.41, 5.74) is 0.801. The van der Waals surface area contributed by atoms with E-state index < -0.39 is 17.8 Å². The molecule has 0 spiro atoms. The quantitative estimate of drug-likeness (QED) is 0.470. The van der Waals surface area contributed by atoms with E-state index in [4.69, 9.17) is 4.74 Å². The van der Waals surface area contributed by atoms with E-state index >= 15 is 0 Å². The van der Waals surface area contributed by atoms with Crippen LogP contribution in [0.4, 0.5) is 0 Å². The van der Waals surface area contributed by atoms with Crippen molar-refractivity contribution in [1.29, 1.82) is 0 Å². The lowest BCUT2D eigenvalue weighted by molar-refractivity contribution is -0.180. The number of hydroxylamine groups is 2. The van der Waals surface area contributed by atoms with Gasteiger partial charge in [0.1, 0.15) is 0 Å². The molecule has 0 radical (unpaired) electrons. The second-order valence-corrected chi connectivity index (χ2v) is 3.85. The normalized spacial score (nSPS) is 12.2. The minimum Gasteiger partial charge on any atom is -0.464 e. The molecule has 0 heterocycles. The highest BCUT2D eigenvalue weighted by Crippen LogP contribution is 2.08. The van der Waals surface area contributed by atoms with Crippen molar-refractivity contribution in [1.82, 2.24) is 5.06 Å². The van der Waals surface area contributed by atoms with Gasteiger partial charge in [-0.15, -0.1) is 0 Å². The van der Waals surface area contributed by atoms with Crippen LogP contribution in [0.5, 0.6) is 0 Å². The summed E-state index contributed by atoms with van der Waals surface area (Å²) >= 11 is 0. The van der Waals surface area contributed by atoms with E-state index in [9.17, 15) is 14.8 Å². The molecular formula is C13H17NO4. The average molecular weight is 251 g/mol. The van der Waals surface area contributed by atoms with Crippen LogP contribution in [0.15, 0.2) is 30.3 Å². The van der Waals surface area contributed by atoms with Gasteiger partial charge in [0.2, 0.25) is 0 Å². The third-order valence-electron chi connectivity index (χ3n) is 2.38. The molecule has 5 heteroatoms. The van der Waals surface area contributed by atoms with Crippen molar-refractivity contribution in [2.24, 2.45) is 0 Å². The molecule has 5 nitrogen and oxygen atoms in total. The number of Topliss-reactive ketones (excluding diaryl/α,β-unsaturated/α-hetero) is 1. The van der Waals surface area contributed by atoms with E-state index in [1.54, 1.807) is 19.1 Å². The maximum Gasteiger partial charge on any atom is 0.333 e. The summed E-state index contributed by atoms with van der Waals surface area (Å²) in [6.07, 6.45) is 0. The van der Waals surface area contributed by atoms with Gasteiger partial charge in [0.25, 0.3) is 0 Å². The molecule has 1 aromatic carbocycles. The zero-order valence-corrected chi connectivity index (χ0v) is 10.5. The van der Waals surface area contributed by atoms with E-state index in [0.29, 0.717) is 5.06 Å². The van der Waals surface area contributed by atoms with Gasteiger partial charge in [-0.1, -0.05) is 30.3 Å². The molecule has 0 amide bonds. The standard InChI is InChI=1S/C13H17NO4/c1-3-18-13(16)12(10(2)15)14(17)9-11-7-5-4-6-8-11/h4-8,12,17H,3,9H2,1-2H3. The van der Waals surface area contributed by atoms with Gasteiger partial charge in [-0.05, 0) is 19.4 Å². The zero-order valence-electron chi connectivity index (χ0n) is 10.5. The van der Waals surface area contributed by atoms with E-state index in [1.807, 2.05) is 18.2 Å². The maximum atomic E-state index is 11.6. The van der Waals surface area contributed by atoms with Crippen LogP contribution in [0, 0.1) is 0 Å². The van der Waals surface area contributed by atoms with Crippen molar-refractivity contribution < 1.29 is 19.5 Å². The zero-order chi connectivity index (χ0) is 13.5. The Balaban J connectivity index is 2.74. The molecule has 1 aromatic rings. The van der Waals surface area contributed by atoms with Crippen molar-refractivity contribution in [3.63, 3.8) is 0 Å². The first-order valence-corrected chi connectivity index (χ1v) is 5.72. The number of esters is 1. The summed E-state index contributed by atoms with van der Waals surface area (Å²) in [7, 11) is 0. The predicted octanol–water partition coefficient (Wildman–Crippen LogP) is 1.40. The number of carbonyl (C=O) groups is 2. The Labute approximate surface area is 106 Å². The van der Waals surface area contributed by atoms with Crippen molar-refractivity contribution >= 4 is 11.8 Å². The van der Waals surface area contributed by atoms with Crippen LogP contribution in [-0.2, 0) is 20.9 Å². The monoisotopic (exact) mass is 251 g/mol. The number of benzene rings is 1. The average Bonchev–Trinajstić information content (AvgIpc) is 2.30. The summed E-state index contributed by atoms with van der Waals surface area (Å²) < 4.78 is 4.76. The third-order valence-corrected chi connectivity index (χ3v) is 2.38. The van der Waals surface area contributed by atoms with Crippen molar-refractivity contribution in [3.05, 3.63) is 35.9 Å². The molecule has 18 heavy (non-hydrogen) atoms. The van der Waals surface area contributed by atoms with Gasteiger partial charge in [-0.2, -0.15) is 5.06 Å². The molecule has 0 aliphatic rings. The summed E-state index contributed by atoms with van der Waals surface area (Å²) in [4.78, 5) is 23.0. The molecule has 0 saturated heterocycles. The fourth-order valence-electron chi connectivity index (χ4n) is 1.58. The smallest absolute Gasteiger partial charge is 0.333 e. The summed E-state index contributed by atoms with van der Waals surface area (Å²) in [6.45, 7) is 3.15. The van der Waals surface area contributed by atoms with Gasteiger partial charge in [-0.25, -0.2) is 4.79 Å². The van der Waals surface area contributed by atoms with Crippen LogP contribution in [0.25, 0.3) is 0 Å². The first-order valence-electron chi connectivity index (χ1n) is 5.72. The number of ether oxygens (including phenoxy) is 1. The number of hydrogen-bond donors (Lipinski definition) is 1. The van der Waals surface area contributed by atoms with Crippen LogP contribution >= 0.6 is 0 Å². The Kier molecular flexibility index (Phi) is 5.48. The molecule has 0 bridgehead atoms. The van der Waals surface area contributed by atoms with E-state index in [0.717, 1.165) is 5.56 Å². The van der Waals surface area contributed by atoms with Gasteiger partial charge in [0.15, 0.2) is 11.8 Å². The highest BCUT2D eigenvalue weighted by atomic mass is 16.6. The fourth-order valence-corrected chi connectivity index (χ4v) is 1.58. The van der Waals surface area contributed by atoms with Crippen LogP contribution in [0.1, 0.15) is 19.4 Å². The van der Waals surface area contributed by atoms with Crippen molar-refractivity contribution in [3.8, 4) is 0 Å². The molecule has 0 saturated carbocycles. The molecule has 0 aliphatic heterocycles. The van der Waals surface area contributed by atoms with E-state index in [-0.39, 0.29) is 13.2 Å². The highest BCUT2D eigenvalue weighted by Gasteiger charge is 2.30. The van der Waals surface area contributed by atoms with Crippen LogP contribution in [0.3, 0.4) is 0 Å².